The van der Waals surface area contributed by atoms with Gasteiger partial charge in [-0.3, -0.25) is 0 Å². The summed E-state index contributed by atoms with van der Waals surface area (Å²) in [5, 5.41) is 9.02. The third-order valence-electron chi connectivity index (χ3n) is 2.94. The standard InChI is InChI=1S/C15H13FO3/c1-9-3-5-11(16)8-13(9)10-4-6-12(15(17)18)14(7-10)19-2/h3-8H,1-2H3,(H,17,18). The molecular weight excluding hydrogens is 247 g/mol. The maximum atomic E-state index is 13.3. The van der Waals surface area contributed by atoms with Crippen LogP contribution in [-0.2, 0) is 0 Å². The Hall–Kier alpha value is -2.36. The summed E-state index contributed by atoms with van der Waals surface area (Å²) in [7, 11) is 1.41. The Morgan fingerprint density at radius 2 is 1.95 bits per heavy atom. The zero-order valence-corrected chi connectivity index (χ0v) is 10.6. The lowest BCUT2D eigenvalue weighted by Crippen LogP contribution is -2.00. The van der Waals surface area contributed by atoms with Crippen LogP contribution in [0.5, 0.6) is 5.75 Å². The van der Waals surface area contributed by atoms with E-state index < -0.39 is 5.97 Å². The van der Waals surface area contributed by atoms with Crippen molar-refractivity contribution in [3.05, 3.63) is 53.3 Å². The molecule has 0 aliphatic rings. The number of carbonyl (C=O) groups is 1. The summed E-state index contributed by atoms with van der Waals surface area (Å²) < 4.78 is 18.4. The van der Waals surface area contributed by atoms with E-state index in [1.54, 1.807) is 18.2 Å². The average molecular weight is 260 g/mol. The molecule has 98 valence electrons. The van der Waals surface area contributed by atoms with Gasteiger partial charge >= 0.3 is 5.97 Å². The molecule has 0 bridgehead atoms. The van der Waals surface area contributed by atoms with Gasteiger partial charge in [0.2, 0.25) is 0 Å². The van der Waals surface area contributed by atoms with Gasteiger partial charge in [0, 0.05) is 0 Å². The van der Waals surface area contributed by atoms with Crippen LogP contribution in [0.1, 0.15) is 15.9 Å². The molecule has 2 aromatic carbocycles. The molecule has 0 fully saturated rings. The minimum absolute atomic E-state index is 0.0836. The van der Waals surface area contributed by atoms with Crippen LogP contribution >= 0.6 is 0 Å². The predicted octanol–water partition coefficient (Wildman–Crippen LogP) is 3.51. The third kappa shape index (κ3) is 2.57. The van der Waals surface area contributed by atoms with Crippen molar-refractivity contribution in [2.45, 2.75) is 6.92 Å². The summed E-state index contributed by atoms with van der Waals surface area (Å²) in [6, 6.07) is 9.20. The lowest BCUT2D eigenvalue weighted by atomic mass is 9.99. The molecule has 2 aromatic rings. The van der Waals surface area contributed by atoms with Gasteiger partial charge in [0.15, 0.2) is 0 Å². The normalized spacial score (nSPS) is 10.3. The van der Waals surface area contributed by atoms with Crippen molar-refractivity contribution in [2.24, 2.45) is 0 Å². The van der Waals surface area contributed by atoms with Gasteiger partial charge in [-0.1, -0.05) is 12.1 Å². The lowest BCUT2D eigenvalue weighted by molar-refractivity contribution is 0.0693. The van der Waals surface area contributed by atoms with Crippen molar-refractivity contribution >= 4 is 5.97 Å². The zero-order chi connectivity index (χ0) is 14.0. The fourth-order valence-electron chi connectivity index (χ4n) is 1.94. The summed E-state index contributed by atoms with van der Waals surface area (Å²) >= 11 is 0. The number of hydrogen-bond donors (Lipinski definition) is 1. The molecular formula is C15H13FO3. The van der Waals surface area contributed by atoms with Gasteiger partial charge < -0.3 is 9.84 Å². The minimum Gasteiger partial charge on any atom is -0.496 e. The fourth-order valence-corrected chi connectivity index (χ4v) is 1.94. The Kier molecular flexibility index (Phi) is 3.51. The van der Waals surface area contributed by atoms with E-state index in [4.69, 9.17) is 9.84 Å². The first kappa shape index (κ1) is 13.1. The summed E-state index contributed by atoms with van der Waals surface area (Å²) in [6.45, 7) is 1.87. The largest absolute Gasteiger partial charge is 0.496 e. The van der Waals surface area contributed by atoms with Gasteiger partial charge in [-0.15, -0.1) is 0 Å². The third-order valence-corrected chi connectivity index (χ3v) is 2.94. The minimum atomic E-state index is -1.06. The van der Waals surface area contributed by atoms with Crippen LogP contribution in [0.2, 0.25) is 0 Å². The molecule has 3 nitrogen and oxygen atoms in total. The smallest absolute Gasteiger partial charge is 0.339 e. The Morgan fingerprint density at radius 1 is 1.21 bits per heavy atom. The van der Waals surface area contributed by atoms with E-state index in [9.17, 15) is 9.18 Å². The molecule has 0 amide bonds. The fraction of sp³-hybridized carbons (Fsp3) is 0.133. The topological polar surface area (TPSA) is 46.5 Å². The number of halogens is 1. The molecule has 0 atom stereocenters. The highest BCUT2D eigenvalue weighted by Crippen LogP contribution is 2.29. The van der Waals surface area contributed by atoms with E-state index in [-0.39, 0.29) is 17.1 Å². The van der Waals surface area contributed by atoms with Crippen molar-refractivity contribution < 1.29 is 19.0 Å². The second kappa shape index (κ2) is 5.10. The molecule has 0 radical (unpaired) electrons. The molecule has 0 spiro atoms. The molecule has 2 rings (SSSR count). The van der Waals surface area contributed by atoms with Crippen molar-refractivity contribution in [3.8, 4) is 16.9 Å². The first-order chi connectivity index (χ1) is 9.02. The van der Waals surface area contributed by atoms with Gasteiger partial charge in [-0.25, -0.2) is 9.18 Å². The monoisotopic (exact) mass is 260 g/mol. The SMILES string of the molecule is COc1cc(-c2cc(F)ccc2C)ccc1C(=O)O. The molecule has 19 heavy (non-hydrogen) atoms. The number of ether oxygens (including phenoxy) is 1. The van der Waals surface area contributed by atoms with Gasteiger partial charge in [0.25, 0.3) is 0 Å². The summed E-state index contributed by atoms with van der Waals surface area (Å²) in [5.74, 6) is -1.13. The van der Waals surface area contributed by atoms with Crippen molar-refractivity contribution in [1.82, 2.24) is 0 Å². The molecule has 0 aromatic heterocycles. The molecule has 0 aliphatic carbocycles. The first-order valence-electron chi connectivity index (χ1n) is 5.71. The van der Waals surface area contributed by atoms with Crippen LogP contribution in [0.25, 0.3) is 11.1 Å². The van der Waals surface area contributed by atoms with Gasteiger partial charge in [0.1, 0.15) is 17.1 Å². The van der Waals surface area contributed by atoms with E-state index in [0.717, 1.165) is 16.7 Å². The molecule has 4 heteroatoms. The van der Waals surface area contributed by atoms with E-state index in [2.05, 4.69) is 0 Å². The van der Waals surface area contributed by atoms with Crippen LogP contribution in [0, 0.1) is 12.7 Å². The Balaban J connectivity index is 2.57. The highest BCUT2D eigenvalue weighted by atomic mass is 19.1. The first-order valence-corrected chi connectivity index (χ1v) is 5.71. The highest BCUT2D eigenvalue weighted by molar-refractivity contribution is 5.92. The van der Waals surface area contributed by atoms with E-state index in [1.807, 2.05) is 6.92 Å². The second-order valence-corrected chi connectivity index (χ2v) is 4.18. The van der Waals surface area contributed by atoms with Crippen LogP contribution in [0.15, 0.2) is 36.4 Å². The van der Waals surface area contributed by atoms with E-state index in [1.165, 1.54) is 25.3 Å². The van der Waals surface area contributed by atoms with Crippen LogP contribution in [0.4, 0.5) is 4.39 Å². The number of benzene rings is 2. The highest BCUT2D eigenvalue weighted by Gasteiger charge is 2.13. The molecule has 0 saturated carbocycles. The second-order valence-electron chi connectivity index (χ2n) is 4.18. The quantitative estimate of drug-likeness (QED) is 0.918. The molecule has 0 aliphatic heterocycles. The lowest BCUT2D eigenvalue weighted by Gasteiger charge is -2.10. The summed E-state index contributed by atoms with van der Waals surface area (Å²) in [4.78, 5) is 11.0. The number of aryl methyl sites for hydroxylation is 1. The number of carboxylic acids is 1. The van der Waals surface area contributed by atoms with Crippen LogP contribution in [0.3, 0.4) is 0 Å². The Labute approximate surface area is 110 Å². The van der Waals surface area contributed by atoms with Crippen molar-refractivity contribution in [1.29, 1.82) is 0 Å². The number of methoxy groups -OCH3 is 1. The number of rotatable bonds is 3. The predicted molar refractivity (Wildman–Crippen MR) is 70.1 cm³/mol. The van der Waals surface area contributed by atoms with Crippen molar-refractivity contribution in [3.63, 3.8) is 0 Å². The number of hydrogen-bond acceptors (Lipinski definition) is 2. The van der Waals surface area contributed by atoms with E-state index in [0.29, 0.717) is 0 Å². The van der Waals surface area contributed by atoms with Crippen LogP contribution in [-0.4, -0.2) is 18.2 Å². The van der Waals surface area contributed by atoms with Crippen LogP contribution < -0.4 is 4.74 Å². The number of carboxylic acid groups (broad SMARTS) is 1. The summed E-state index contributed by atoms with van der Waals surface area (Å²) in [5.41, 5.74) is 2.43. The van der Waals surface area contributed by atoms with Gasteiger partial charge in [-0.2, -0.15) is 0 Å². The maximum Gasteiger partial charge on any atom is 0.339 e. The van der Waals surface area contributed by atoms with Gasteiger partial charge in [-0.05, 0) is 47.9 Å². The van der Waals surface area contributed by atoms with Crippen molar-refractivity contribution in [2.75, 3.05) is 7.11 Å². The average Bonchev–Trinajstić information content (AvgIpc) is 2.40. The summed E-state index contributed by atoms with van der Waals surface area (Å²) in [6.07, 6.45) is 0. The molecule has 0 heterocycles. The molecule has 0 saturated heterocycles. The Morgan fingerprint density at radius 3 is 2.58 bits per heavy atom. The van der Waals surface area contributed by atoms with Gasteiger partial charge in [0.05, 0.1) is 7.11 Å². The molecule has 1 N–H and O–H groups in total. The molecule has 0 unspecified atom stereocenters. The number of aromatic carboxylic acids is 1. The van der Waals surface area contributed by atoms with E-state index >= 15 is 0 Å². The Bertz CT molecular complexity index is 635. The maximum absolute atomic E-state index is 13.3. The zero-order valence-electron chi connectivity index (χ0n) is 10.6.